The van der Waals surface area contributed by atoms with E-state index in [0.717, 1.165) is 28.4 Å². The zero-order valence-electron chi connectivity index (χ0n) is 10.9. The maximum Gasteiger partial charge on any atom is 0.170 e. The van der Waals surface area contributed by atoms with Crippen LogP contribution >= 0.6 is 0 Å². The van der Waals surface area contributed by atoms with Gasteiger partial charge in [-0.25, -0.2) is 9.97 Å². The quantitative estimate of drug-likeness (QED) is 0.550. The van der Waals surface area contributed by atoms with Gasteiger partial charge in [-0.05, 0) is 35.4 Å². The first-order valence-electron chi connectivity index (χ1n) is 6.43. The summed E-state index contributed by atoms with van der Waals surface area (Å²) in [6.45, 7) is 0. The molecule has 0 aromatic carbocycles. The lowest BCUT2D eigenvalue weighted by atomic mass is 10.1. The van der Waals surface area contributed by atoms with E-state index < -0.39 is 0 Å². The molecule has 0 aliphatic rings. The fourth-order valence-corrected chi connectivity index (χ4v) is 2.57. The number of carbonyl (C=O) groups excluding carboxylic acids is 1. The Balaban J connectivity index is 2.02. The summed E-state index contributed by atoms with van der Waals surface area (Å²) in [5, 5.41) is 1.03. The van der Waals surface area contributed by atoms with Gasteiger partial charge < -0.3 is 10.7 Å². The van der Waals surface area contributed by atoms with Crippen molar-refractivity contribution < 1.29 is 4.79 Å². The predicted octanol–water partition coefficient (Wildman–Crippen LogP) is 2.27. The summed E-state index contributed by atoms with van der Waals surface area (Å²) in [5.41, 5.74) is 9.60. The minimum Gasteiger partial charge on any atom is -0.382 e. The van der Waals surface area contributed by atoms with Crippen LogP contribution in [0, 0.1) is 0 Å². The van der Waals surface area contributed by atoms with Gasteiger partial charge in [-0.15, -0.1) is 0 Å². The van der Waals surface area contributed by atoms with E-state index in [1.165, 1.54) is 0 Å². The zero-order chi connectivity index (χ0) is 14.4. The molecule has 0 spiro atoms. The van der Waals surface area contributed by atoms with Crippen molar-refractivity contribution >= 4 is 28.8 Å². The molecule has 6 heteroatoms. The van der Waals surface area contributed by atoms with Crippen LogP contribution in [0.1, 0.15) is 10.5 Å². The van der Waals surface area contributed by atoms with Crippen molar-refractivity contribution in [2.45, 2.75) is 0 Å². The Labute approximate surface area is 119 Å². The van der Waals surface area contributed by atoms with Crippen LogP contribution in [0.4, 0.5) is 5.82 Å². The van der Waals surface area contributed by atoms with Crippen LogP contribution in [0.25, 0.3) is 27.8 Å². The van der Waals surface area contributed by atoms with Crippen LogP contribution in [0.2, 0.25) is 0 Å². The number of hydrogen-bond donors (Lipinski definition) is 2. The zero-order valence-corrected chi connectivity index (χ0v) is 10.9. The highest BCUT2D eigenvalue weighted by Crippen LogP contribution is 2.28. The fraction of sp³-hybridized carbons (Fsp3) is 0. The SMILES string of the molecule is Nc1nc2ccc(-c3ccnc4[nH]ccc34)cn2c1C=O. The van der Waals surface area contributed by atoms with Gasteiger partial charge in [0.25, 0.3) is 0 Å². The van der Waals surface area contributed by atoms with Crippen molar-refractivity contribution in [3.63, 3.8) is 0 Å². The van der Waals surface area contributed by atoms with Crippen molar-refractivity contribution in [2.75, 3.05) is 5.73 Å². The first-order valence-corrected chi connectivity index (χ1v) is 6.43. The standard InChI is InChI=1S/C15H11N5O/c16-14-12(8-21)20-7-9(1-2-13(20)19-14)10-3-5-17-15-11(10)4-6-18-15/h1-8H,16H2,(H,17,18). The molecule has 0 aliphatic heterocycles. The van der Waals surface area contributed by atoms with E-state index in [-0.39, 0.29) is 5.82 Å². The van der Waals surface area contributed by atoms with E-state index in [9.17, 15) is 4.79 Å². The predicted molar refractivity (Wildman–Crippen MR) is 80.1 cm³/mol. The first kappa shape index (κ1) is 11.7. The molecule has 4 heterocycles. The summed E-state index contributed by atoms with van der Waals surface area (Å²) < 4.78 is 1.70. The van der Waals surface area contributed by atoms with Gasteiger partial charge in [0.05, 0.1) is 0 Å². The molecule has 0 saturated carbocycles. The lowest BCUT2D eigenvalue weighted by Crippen LogP contribution is -1.95. The number of aromatic amines is 1. The summed E-state index contributed by atoms with van der Waals surface area (Å²) >= 11 is 0. The molecule has 21 heavy (non-hydrogen) atoms. The molecule has 4 rings (SSSR count). The summed E-state index contributed by atoms with van der Waals surface area (Å²) in [5.74, 6) is 0.240. The molecule has 4 aromatic rings. The van der Waals surface area contributed by atoms with Crippen LogP contribution in [0.3, 0.4) is 0 Å². The third-order valence-electron chi connectivity index (χ3n) is 3.57. The normalized spacial score (nSPS) is 11.2. The Morgan fingerprint density at radius 2 is 2.14 bits per heavy atom. The van der Waals surface area contributed by atoms with Crippen molar-refractivity contribution in [2.24, 2.45) is 0 Å². The Morgan fingerprint density at radius 3 is 3.00 bits per heavy atom. The van der Waals surface area contributed by atoms with Gasteiger partial charge in [0.15, 0.2) is 12.1 Å². The molecule has 0 atom stereocenters. The Kier molecular flexibility index (Phi) is 2.32. The number of H-pyrrole nitrogens is 1. The number of fused-ring (bicyclic) bond motifs is 2. The minimum absolute atomic E-state index is 0.240. The molecule has 0 aliphatic carbocycles. The third-order valence-corrected chi connectivity index (χ3v) is 3.57. The van der Waals surface area contributed by atoms with Crippen LogP contribution < -0.4 is 5.73 Å². The lowest BCUT2D eigenvalue weighted by molar-refractivity contribution is 0.111. The maximum atomic E-state index is 11.2. The molecule has 0 saturated heterocycles. The highest BCUT2D eigenvalue weighted by molar-refractivity contribution is 5.93. The van der Waals surface area contributed by atoms with Gasteiger partial charge in [0.2, 0.25) is 0 Å². The van der Waals surface area contributed by atoms with Gasteiger partial charge in [-0.3, -0.25) is 9.20 Å². The topological polar surface area (TPSA) is 89.1 Å². The molecule has 3 N–H and O–H groups in total. The summed E-state index contributed by atoms with van der Waals surface area (Å²) in [6, 6.07) is 7.72. The van der Waals surface area contributed by atoms with Gasteiger partial charge in [-0.1, -0.05) is 0 Å². The van der Waals surface area contributed by atoms with Crippen molar-refractivity contribution in [1.29, 1.82) is 0 Å². The van der Waals surface area contributed by atoms with Crippen LogP contribution in [-0.2, 0) is 0 Å². The van der Waals surface area contributed by atoms with Gasteiger partial charge in [0.1, 0.15) is 17.0 Å². The highest BCUT2D eigenvalue weighted by Gasteiger charge is 2.11. The summed E-state index contributed by atoms with van der Waals surface area (Å²) in [4.78, 5) is 22.7. The van der Waals surface area contributed by atoms with Crippen LogP contribution in [0.5, 0.6) is 0 Å². The minimum atomic E-state index is 0.240. The van der Waals surface area contributed by atoms with E-state index in [1.54, 1.807) is 10.6 Å². The molecular formula is C15H11N5O. The molecule has 6 nitrogen and oxygen atoms in total. The second-order valence-electron chi connectivity index (χ2n) is 4.74. The smallest absolute Gasteiger partial charge is 0.170 e. The molecule has 4 aromatic heterocycles. The number of carbonyl (C=O) groups is 1. The first-order chi connectivity index (χ1) is 10.3. The summed E-state index contributed by atoms with van der Waals surface area (Å²) in [7, 11) is 0. The van der Waals surface area contributed by atoms with Crippen molar-refractivity contribution in [3.8, 4) is 11.1 Å². The number of rotatable bonds is 2. The molecule has 0 amide bonds. The molecule has 102 valence electrons. The highest BCUT2D eigenvalue weighted by atomic mass is 16.1. The summed E-state index contributed by atoms with van der Waals surface area (Å²) in [6.07, 6.45) is 6.19. The van der Waals surface area contributed by atoms with Crippen molar-refractivity contribution in [1.82, 2.24) is 19.4 Å². The van der Waals surface area contributed by atoms with Crippen LogP contribution in [0.15, 0.2) is 42.9 Å². The number of pyridine rings is 2. The van der Waals surface area contributed by atoms with Crippen LogP contribution in [-0.4, -0.2) is 25.6 Å². The number of imidazole rings is 1. The van der Waals surface area contributed by atoms with Gasteiger partial charge in [0, 0.05) is 24.0 Å². The number of aromatic nitrogens is 4. The maximum absolute atomic E-state index is 11.2. The van der Waals surface area contributed by atoms with E-state index >= 15 is 0 Å². The number of nitrogens with zero attached hydrogens (tertiary/aromatic N) is 3. The number of nitrogen functional groups attached to an aromatic ring is 1. The van der Waals surface area contributed by atoms with Gasteiger partial charge in [-0.2, -0.15) is 0 Å². The fourth-order valence-electron chi connectivity index (χ4n) is 2.57. The second kappa shape index (κ2) is 4.17. The van der Waals surface area contributed by atoms with E-state index in [4.69, 9.17) is 5.73 Å². The lowest BCUT2D eigenvalue weighted by Gasteiger charge is -2.05. The molecule has 0 fully saturated rings. The number of hydrogen-bond acceptors (Lipinski definition) is 4. The van der Waals surface area contributed by atoms with E-state index in [0.29, 0.717) is 11.3 Å². The Bertz CT molecular complexity index is 982. The Morgan fingerprint density at radius 1 is 1.24 bits per heavy atom. The van der Waals surface area contributed by atoms with E-state index in [2.05, 4.69) is 15.0 Å². The molecular weight excluding hydrogens is 266 g/mol. The van der Waals surface area contributed by atoms with Gasteiger partial charge >= 0.3 is 0 Å². The number of anilines is 1. The third kappa shape index (κ3) is 1.62. The van der Waals surface area contributed by atoms with Crippen molar-refractivity contribution in [3.05, 3.63) is 48.5 Å². The molecule has 0 radical (unpaired) electrons. The Hall–Kier alpha value is -3.15. The average molecular weight is 277 g/mol. The number of nitrogens with one attached hydrogen (secondary N) is 1. The molecule has 0 unspecified atom stereocenters. The monoisotopic (exact) mass is 277 g/mol. The molecule has 0 bridgehead atoms. The number of nitrogens with two attached hydrogens (primary N) is 1. The average Bonchev–Trinajstić information content (AvgIpc) is 3.09. The largest absolute Gasteiger partial charge is 0.382 e. The van der Waals surface area contributed by atoms with E-state index in [1.807, 2.05) is 36.7 Å². The second-order valence-corrected chi connectivity index (χ2v) is 4.74. The number of aldehydes is 1.